The molecule has 30 heavy (non-hydrogen) atoms. The van der Waals surface area contributed by atoms with Crippen molar-refractivity contribution in [1.29, 1.82) is 0 Å². The van der Waals surface area contributed by atoms with Crippen molar-refractivity contribution in [2.24, 2.45) is 10.9 Å². The monoisotopic (exact) mass is 413 g/mol. The van der Waals surface area contributed by atoms with Crippen molar-refractivity contribution in [2.75, 3.05) is 32.7 Å². The molecule has 0 bridgehead atoms. The Hall–Kier alpha value is -1.39. The molecule has 0 aromatic heterocycles. The third-order valence-electron chi connectivity index (χ3n) is 6.57. The van der Waals surface area contributed by atoms with E-state index < -0.39 is 0 Å². The number of nitrogens with zero attached hydrogens (tertiary/aromatic N) is 3. The third-order valence-corrected chi connectivity index (χ3v) is 6.57. The van der Waals surface area contributed by atoms with Crippen molar-refractivity contribution in [3.63, 3.8) is 0 Å². The first-order chi connectivity index (χ1) is 14.2. The van der Waals surface area contributed by atoms with Crippen LogP contribution in [0.5, 0.6) is 5.75 Å². The summed E-state index contributed by atoms with van der Waals surface area (Å²) < 4.78 is 0. The maximum atomic E-state index is 11.1. The molecule has 0 atom stereocenters. The summed E-state index contributed by atoms with van der Waals surface area (Å²) in [6, 6.07) is 4.79. The Morgan fingerprint density at radius 2 is 1.67 bits per heavy atom. The van der Waals surface area contributed by atoms with E-state index in [4.69, 9.17) is 4.99 Å². The normalized spacial score (nSPS) is 20.5. The lowest BCUT2D eigenvalue weighted by atomic mass is 9.84. The SMILES string of the molecule is CC(C)CN1CCN(Cc2cc(C(C)(C)C)cc(C=NC3CCCCC3)c2O)CC1. The number of aromatic hydroxyl groups is 1. The fraction of sp³-hybridized carbons (Fsp3) is 0.731. The second-order valence-corrected chi connectivity index (χ2v) is 10.9. The van der Waals surface area contributed by atoms with Gasteiger partial charge in [-0.1, -0.05) is 59.9 Å². The Morgan fingerprint density at radius 1 is 1.03 bits per heavy atom. The van der Waals surface area contributed by atoms with Crippen LogP contribution >= 0.6 is 0 Å². The van der Waals surface area contributed by atoms with E-state index in [0.29, 0.717) is 11.8 Å². The number of piperazine rings is 1. The van der Waals surface area contributed by atoms with Crippen LogP contribution in [0.1, 0.15) is 83.4 Å². The minimum atomic E-state index is 0.0475. The molecule has 4 heteroatoms. The Kier molecular flexibility index (Phi) is 7.98. The van der Waals surface area contributed by atoms with Crippen LogP contribution in [0.15, 0.2) is 17.1 Å². The third kappa shape index (κ3) is 6.55. The molecule has 1 saturated heterocycles. The fourth-order valence-electron chi connectivity index (χ4n) is 4.67. The predicted molar refractivity (Wildman–Crippen MR) is 128 cm³/mol. The first-order valence-corrected chi connectivity index (χ1v) is 12.1. The van der Waals surface area contributed by atoms with Crippen LogP contribution in [0, 0.1) is 5.92 Å². The molecule has 0 spiro atoms. The summed E-state index contributed by atoms with van der Waals surface area (Å²) in [5, 5.41) is 11.1. The maximum absolute atomic E-state index is 11.1. The van der Waals surface area contributed by atoms with Crippen molar-refractivity contribution < 1.29 is 5.11 Å². The van der Waals surface area contributed by atoms with Gasteiger partial charge in [-0.05, 0) is 35.8 Å². The highest BCUT2D eigenvalue weighted by Crippen LogP contribution is 2.32. The van der Waals surface area contributed by atoms with E-state index >= 15 is 0 Å². The van der Waals surface area contributed by atoms with Gasteiger partial charge < -0.3 is 10.0 Å². The highest BCUT2D eigenvalue weighted by atomic mass is 16.3. The van der Waals surface area contributed by atoms with Gasteiger partial charge in [-0.15, -0.1) is 0 Å². The molecule has 1 aliphatic heterocycles. The fourth-order valence-corrected chi connectivity index (χ4v) is 4.67. The average Bonchev–Trinajstić information content (AvgIpc) is 2.69. The number of benzene rings is 1. The smallest absolute Gasteiger partial charge is 0.128 e. The lowest BCUT2D eigenvalue weighted by Gasteiger charge is -2.36. The van der Waals surface area contributed by atoms with Gasteiger partial charge in [0.2, 0.25) is 0 Å². The molecule has 2 aliphatic rings. The Morgan fingerprint density at radius 3 is 2.27 bits per heavy atom. The van der Waals surface area contributed by atoms with Crippen LogP contribution in [0.4, 0.5) is 0 Å². The molecule has 4 nitrogen and oxygen atoms in total. The molecule has 1 aromatic carbocycles. The number of hydrogen-bond acceptors (Lipinski definition) is 4. The zero-order valence-corrected chi connectivity index (χ0v) is 20.0. The quantitative estimate of drug-likeness (QED) is 0.650. The summed E-state index contributed by atoms with van der Waals surface area (Å²) in [4.78, 5) is 9.91. The van der Waals surface area contributed by atoms with Gasteiger partial charge in [-0.3, -0.25) is 9.89 Å². The number of phenolic OH excluding ortho intramolecular Hbond substituents is 1. The second kappa shape index (κ2) is 10.3. The summed E-state index contributed by atoms with van der Waals surface area (Å²) in [6.45, 7) is 17.7. The molecule has 168 valence electrons. The van der Waals surface area contributed by atoms with Crippen LogP contribution in [-0.2, 0) is 12.0 Å². The van der Waals surface area contributed by atoms with Gasteiger partial charge in [-0.25, -0.2) is 0 Å². The van der Waals surface area contributed by atoms with Crippen molar-refractivity contribution in [2.45, 2.75) is 84.7 Å². The molecular formula is C26H43N3O. The molecule has 0 unspecified atom stereocenters. The summed E-state index contributed by atoms with van der Waals surface area (Å²) in [7, 11) is 0. The Labute approximate surface area is 184 Å². The number of aliphatic imine (C=N–C) groups is 1. The molecule has 1 aliphatic carbocycles. The topological polar surface area (TPSA) is 39.1 Å². The summed E-state index contributed by atoms with van der Waals surface area (Å²) in [6.07, 6.45) is 8.22. The number of hydrogen-bond donors (Lipinski definition) is 1. The van der Waals surface area contributed by atoms with E-state index in [1.54, 1.807) is 0 Å². The standard InChI is InChI=1S/C26H43N3O/c1-20(2)18-28-11-13-29(14-12-28)19-22-16-23(26(3,4)5)15-21(25(22)30)17-27-24-9-7-6-8-10-24/h15-17,20,24,30H,6-14,18-19H2,1-5H3. The molecule has 1 aromatic rings. The first kappa shape index (κ1) is 23.3. The summed E-state index contributed by atoms with van der Waals surface area (Å²) in [5.74, 6) is 1.14. The van der Waals surface area contributed by atoms with Gasteiger partial charge in [-0.2, -0.15) is 0 Å². The van der Waals surface area contributed by atoms with Crippen molar-refractivity contribution in [3.8, 4) is 5.75 Å². The largest absolute Gasteiger partial charge is 0.507 e. The summed E-state index contributed by atoms with van der Waals surface area (Å²) in [5.41, 5.74) is 3.26. The van der Waals surface area contributed by atoms with Gasteiger partial charge in [0.1, 0.15) is 5.75 Å². The number of rotatable bonds is 6. The maximum Gasteiger partial charge on any atom is 0.128 e. The Bertz CT molecular complexity index is 706. The molecular weight excluding hydrogens is 370 g/mol. The minimum absolute atomic E-state index is 0.0475. The zero-order chi connectivity index (χ0) is 21.7. The van der Waals surface area contributed by atoms with Crippen LogP contribution in [0.25, 0.3) is 0 Å². The minimum Gasteiger partial charge on any atom is -0.507 e. The molecule has 1 N–H and O–H groups in total. The van der Waals surface area contributed by atoms with Gasteiger partial charge in [0.15, 0.2) is 0 Å². The van der Waals surface area contributed by atoms with Gasteiger partial charge in [0.05, 0.1) is 0 Å². The van der Waals surface area contributed by atoms with Crippen LogP contribution < -0.4 is 0 Å². The second-order valence-electron chi connectivity index (χ2n) is 10.9. The zero-order valence-electron chi connectivity index (χ0n) is 20.0. The predicted octanol–water partition coefficient (Wildman–Crippen LogP) is 5.21. The number of phenols is 1. The molecule has 3 rings (SSSR count). The van der Waals surface area contributed by atoms with Gasteiger partial charge in [0.25, 0.3) is 0 Å². The van der Waals surface area contributed by atoms with Crippen molar-refractivity contribution in [1.82, 2.24) is 9.80 Å². The van der Waals surface area contributed by atoms with Gasteiger partial charge >= 0.3 is 0 Å². The average molecular weight is 414 g/mol. The molecule has 2 fully saturated rings. The summed E-state index contributed by atoms with van der Waals surface area (Å²) >= 11 is 0. The first-order valence-electron chi connectivity index (χ1n) is 12.1. The highest BCUT2D eigenvalue weighted by molar-refractivity contribution is 5.84. The van der Waals surface area contributed by atoms with E-state index in [-0.39, 0.29) is 5.41 Å². The van der Waals surface area contributed by atoms with Crippen molar-refractivity contribution in [3.05, 3.63) is 28.8 Å². The molecule has 1 heterocycles. The van der Waals surface area contributed by atoms with Crippen LogP contribution in [-0.4, -0.2) is 59.9 Å². The van der Waals surface area contributed by atoms with E-state index in [0.717, 1.165) is 49.8 Å². The molecule has 1 saturated carbocycles. The molecule has 0 amide bonds. The van der Waals surface area contributed by atoms with E-state index in [1.165, 1.54) is 44.2 Å². The van der Waals surface area contributed by atoms with Gasteiger partial charge in [0, 0.05) is 62.7 Å². The lowest BCUT2D eigenvalue weighted by molar-refractivity contribution is 0.117. The van der Waals surface area contributed by atoms with Crippen LogP contribution in [0.3, 0.4) is 0 Å². The molecule has 0 radical (unpaired) electrons. The van der Waals surface area contributed by atoms with E-state index in [9.17, 15) is 5.11 Å². The van der Waals surface area contributed by atoms with Crippen LogP contribution in [0.2, 0.25) is 0 Å². The Balaban J connectivity index is 1.75. The highest BCUT2D eigenvalue weighted by Gasteiger charge is 2.22. The van der Waals surface area contributed by atoms with Crippen molar-refractivity contribution >= 4 is 6.21 Å². The van der Waals surface area contributed by atoms with E-state index in [2.05, 4.69) is 56.6 Å². The lowest BCUT2D eigenvalue weighted by Crippen LogP contribution is -2.46. The van der Waals surface area contributed by atoms with E-state index in [1.807, 2.05) is 6.21 Å².